The molecule has 0 amide bonds. The van der Waals surface area contributed by atoms with Gasteiger partial charge < -0.3 is 8.83 Å². The second kappa shape index (κ2) is 9.79. The third-order valence-corrected chi connectivity index (χ3v) is 8.31. The van der Waals surface area contributed by atoms with Gasteiger partial charge in [0.05, 0.1) is 11.4 Å². The van der Waals surface area contributed by atoms with Gasteiger partial charge in [0.25, 0.3) is 0 Å². The lowest BCUT2D eigenvalue weighted by atomic mass is 10.0. The standard InChI is InChI=1S/C40H24N2O2/c1-4-10-25(11-5-1)28-16-20-36-32(22-28)30-18-19-31-33-23-29(17-21-37(33)44-39(31)38(30)43-36)40-41-34(26-12-6-2-7-13-26)24-35(42-40)27-14-8-3-9-15-27/h1-24H. The number of hydrogen-bond donors (Lipinski definition) is 0. The van der Waals surface area contributed by atoms with Crippen LogP contribution < -0.4 is 0 Å². The molecule has 44 heavy (non-hydrogen) atoms. The highest BCUT2D eigenvalue weighted by atomic mass is 16.4. The van der Waals surface area contributed by atoms with E-state index in [4.69, 9.17) is 18.8 Å². The number of nitrogens with zero attached hydrogens (tertiary/aromatic N) is 2. The van der Waals surface area contributed by atoms with E-state index in [1.165, 1.54) is 5.56 Å². The van der Waals surface area contributed by atoms with Gasteiger partial charge in [-0.2, -0.15) is 0 Å². The summed E-state index contributed by atoms with van der Waals surface area (Å²) in [5.74, 6) is 0.666. The molecule has 0 bridgehead atoms. The van der Waals surface area contributed by atoms with E-state index < -0.39 is 0 Å². The average molecular weight is 565 g/mol. The first-order chi connectivity index (χ1) is 21.8. The summed E-state index contributed by atoms with van der Waals surface area (Å²) in [6, 6.07) is 49.7. The fourth-order valence-corrected chi connectivity index (χ4v) is 6.11. The van der Waals surface area contributed by atoms with Gasteiger partial charge in [-0.1, -0.05) is 97.1 Å². The first kappa shape index (κ1) is 24.6. The molecule has 0 spiro atoms. The van der Waals surface area contributed by atoms with Crippen LogP contribution in [0.15, 0.2) is 154 Å². The summed E-state index contributed by atoms with van der Waals surface area (Å²) in [7, 11) is 0. The number of fused-ring (bicyclic) bond motifs is 7. The maximum absolute atomic E-state index is 6.45. The molecule has 0 radical (unpaired) electrons. The summed E-state index contributed by atoms with van der Waals surface area (Å²) in [6.07, 6.45) is 0. The molecule has 0 fully saturated rings. The zero-order valence-electron chi connectivity index (χ0n) is 23.6. The zero-order valence-corrected chi connectivity index (χ0v) is 23.6. The van der Waals surface area contributed by atoms with Crippen molar-refractivity contribution in [3.05, 3.63) is 146 Å². The summed E-state index contributed by atoms with van der Waals surface area (Å²) < 4.78 is 12.9. The highest BCUT2D eigenvalue weighted by molar-refractivity contribution is 6.19. The van der Waals surface area contributed by atoms with Gasteiger partial charge in [0.15, 0.2) is 17.0 Å². The highest BCUT2D eigenvalue weighted by Crippen LogP contribution is 2.40. The molecule has 0 atom stereocenters. The third kappa shape index (κ3) is 4.00. The van der Waals surface area contributed by atoms with Crippen LogP contribution in [0.2, 0.25) is 0 Å². The van der Waals surface area contributed by atoms with Gasteiger partial charge in [0, 0.05) is 38.2 Å². The molecule has 4 nitrogen and oxygen atoms in total. The van der Waals surface area contributed by atoms with Gasteiger partial charge in [-0.15, -0.1) is 0 Å². The second-order valence-electron chi connectivity index (χ2n) is 11.0. The molecule has 0 aliphatic heterocycles. The van der Waals surface area contributed by atoms with Crippen molar-refractivity contribution < 1.29 is 8.83 Å². The van der Waals surface area contributed by atoms with Gasteiger partial charge >= 0.3 is 0 Å². The van der Waals surface area contributed by atoms with Crippen molar-refractivity contribution in [2.24, 2.45) is 0 Å². The third-order valence-electron chi connectivity index (χ3n) is 8.31. The first-order valence-electron chi connectivity index (χ1n) is 14.7. The lowest BCUT2D eigenvalue weighted by molar-refractivity contribution is 0.633. The Hall–Kier alpha value is -6.00. The minimum atomic E-state index is 0.666. The maximum atomic E-state index is 6.45. The van der Waals surface area contributed by atoms with E-state index in [1.807, 2.05) is 60.7 Å². The van der Waals surface area contributed by atoms with Crippen molar-refractivity contribution in [3.8, 4) is 45.0 Å². The van der Waals surface area contributed by atoms with Crippen molar-refractivity contribution >= 4 is 43.9 Å². The first-order valence-corrected chi connectivity index (χ1v) is 14.7. The minimum Gasteiger partial charge on any atom is -0.452 e. The Morgan fingerprint density at radius 2 is 0.795 bits per heavy atom. The Balaban J connectivity index is 1.21. The van der Waals surface area contributed by atoms with Gasteiger partial charge in [-0.25, -0.2) is 9.97 Å². The molecule has 0 unspecified atom stereocenters. The molecule has 9 aromatic rings. The monoisotopic (exact) mass is 564 g/mol. The normalized spacial score (nSPS) is 11.6. The molecule has 0 N–H and O–H groups in total. The number of rotatable bonds is 4. The quantitative estimate of drug-likeness (QED) is 0.213. The molecule has 206 valence electrons. The summed E-state index contributed by atoms with van der Waals surface area (Å²) in [5, 5.41) is 4.11. The van der Waals surface area contributed by atoms with Crippen LogP contribution in [0, 0.1) is 0 Å². The summed E-state index contributed by atoms with van der Waals surface area (Å²) in [6.45, 7) is 0. The van der Waals surface area contributed by atoms with E-state index in [0.29, 0.717) is 5.82 Å². The van der Waals surface area contributed by atoms with Crippen LogP contribution in [0.4, 0.5) is 0 Å². The summed E-state index contributed by atoms with van der Waals surface area (Å²) in [4.78, 5) is 10.0. The van der Waals surface area contributed by atoms with E-state index in [-0.39, 0.29) is 0 Å². The average Bonchev–Trinajstić information content (AvgIpc) is 3.67. The van der Waals surface area contributed by atoms with Crippen LogP contribution in [0.25, 0.3) is 88.9 Å². The van der Waals surface area contributed by atoms with E-state index >= 15 is 0 Å². The second-order valence-corrected chi connectivity index (χ2v) is 11.0. The smallest absolute Gasteiger partial charge is 0.178 e. The van der Waals surface area contributed by atoms with Gasteiger partial charge in [0.1, 0.15) is 11.2 Å². The predicted octanol–water partition coefficient (Wildman–Crippen LogP) is 10.9. The number of benzene rings is 6. The molecule has 0 aliphatic rings. The van der Waals surface area contributed by atoms with Crippen molar-refractivity contribution in [1.29, 1.82) is 0 Å². The van der Waals surface area contributed by atoms with Crippen molar-refractivity contribution in [2.45, 2.75) is 0 Å². The van der Waals surface area contributed by atoms with Crippen LogP contribution in [0.3, 0.4) is 0 Å². The van der Waals surface area contributed by atoms with Crippen molar-refractivity contribution in [2.75, 3.05) is 0 Å². The van der Waals surface area contributed by atoms with Crippen molar-refractivity contribution in [1.82, 2.24) is 9.97 Å². The van der Waals surface area contributed by atoms with E-state index in [1.54, 1.807) is 0 Å². The highest BCUT2D eigenvalue weighted by Gasteiger charge is 2.18. The minimum absolute atomic E-state index is 0.666. The molecule has 3 heterocycles. The Bertz CT molecular complexity index is 2420. The van der Waals surface area contributed by atoms with Crippen LogP contribution in [0.1, 0.15) is 0 Å². The molecule has 9 rings (SSSR count). The molecular formula is C40H24N2O2. The van der Waals surface area contributed by atoms with Gasteiger partial charge in [-0.05, 0) is 59.7 Å². The fraction of sp³-hybridized carbons (Fsp3) is 0. The molecule has 0 saturated heterocycles. The van der Waals surface area contributed by atoms with Crippen LogP contribution in [0.5, 0.6) is 0 Å². The van der Waals surface area contributed by atoms with Gasteiger partial charge in [-0.3, -0.25) is 0 Å². The summed E-state index contributed by atoms with van der Waals surface area (Å²) >= 11 is 0. The van der Waals surface area contributed by atoms with E-state index in [2.05, 4.69) is 84.9 Å². The molecule has 3 aromatic heterocycles. The Kier molecular flexibility index (Phi) is 5.47. The zero-order chi connectivity index (χ0) is 29.0. The Morgan fingerprint density at radius 1 is 0.341 bits per heavy atom. The van der Waals surface area contributed by atoms with Crippen LogP contribution >= 0.6 is 0 Å². The van der Waals surface area contributed by atoms with E-state index in [0.717, 1.165) is 77.5 Å². The molecule has 6 aromatic carbocycles. The van der Waals surface area contributed by atoms with Crippen LogP contribution in [-0.4, -0.2) is 9.97 Å². The largest absolute Gasteiger partial charge is 0.452 e. The lowest BCUT2D eigenvalue weighted by Gasteiger charge is -2.09. The summed E-state index contributed by atoms with van der Waals surface area (Å²) in [5.41, 5.74) is 10.3. The Labute approximate surface area is 252 Å². The molecule has 0 aliphatic carbocycles. The fourth-order valence-electron chi connectivity index (χ4n) is 6.11. The van der Waals surface area contributed by atoms with E-state index in [9.17, 15) is 0 Å². The van der Waals surface area contributed by atoms with Crippen LogP contribution in [-0.2, 0) is 0 Å². The molecular weight excluding hydrogens is 540 g/mol. The molecule has 4 heteroatoms. The predicted molar refractivity (Wildman–Crippen MR) is 178 cm³/mol. The topological polar surface area (TPSA) is 52.1 Å². The number of hydrogen-bond acceptors (Lipinski definition) is 4. The lowest BCUT2D eigenvalue weighted by Crippen LogP contribution is -1.95. The van der Waals surface area contributed by atoms with Crippen molar-refractivity contribution in [3.63, 3.8) is 0 Å². The number of aromatic nitrogens is 2. The maximum Gasteiger partial charge on any atom is 0.178 e. The SMILES string of the molecule is c1ccc(-c2ccc3oc4c(ccc5c6cc(-c7nc(-c8ccccc8)cc(-c8ccccc8)n7)ccc6oc54)c3c2)cc1. The molecule has 0 saturated carbocycles. The van der Waals surface area contributed by atoms with Gasteiger partial charge in [0.2, 0.25) is 0 Å². The Morgan fingerprint density at radius 3 is 1.32 bits per heavy atom. The number of furan rings is 2.